The molecule has 15 heavy (non-hydrogen) atoms. The summed E-state index contributed by atoms with van der Waals surface area (Å²) < 4.78 is 16.5. The van der Waals surface area contributed by atoms with Crippen LogP contribution in [-0.4, -0.2) is 29.7 Å². The molecule has 0 aliphatic carbocycles. The van der Waals surface area contributed by atoms with Gasteiger partial charge in [-0.2, -0.15) is 0 Å². The molecule has 1 fully saturated rings. The number of hydrogen-bond acceptors (Lipinski definition) is 3. The highest BCUT2D eigenvalue weighted by atomic mass is 127. The van der Waals surface area contributed by atoms with Crippen LogP contribution in [0.15, 0.2) is 0 Å². The van der Waals surface area contributed by atoms with E-state index in [2.05, 4.69) is 35.4 Å². The molecule has 3 nitrogen and oxygen atoms in total. The monoisotopic (exact) mass is 324 g/mol. The van der Waals surface area contributed by atoms with Crippen molar-refractivity contribution in [2.45, 2.75) is 30.7 Å². The average molecular weight is 324 g/mol. The molecular weight excluding hydrogens is 307 g/mol. The molecule has 0 amide bonds. The van der Waals surface area contributed by atoms with Crippen LogP contribution >= 0.6 is 22.6 Å². The Kier molecular flexibility index (Phi) is 4.41. The minimum atomic E-state index is -0.477. The van der Waals surface area contributed by atoms with Crippen molar-refractivity contribution in [1.29, 1.82) is 0 Å². The molecule has 4 heteroatoms. The molecule has 0 radical (unpaired) electrons. The predicted octanol–water partition coefficient (Wildman–Crippen LogP) is 2.19. The van der Waals surface area contributed by atoms with Crippen molar-refractivity contribution in [1.82, 2.24) is 0 Å². The fraction of sp³-hybridized carbons (Fsp3) is 0.818. The maximum Gasteiger partial charge on any atom is 0.169 e. The lowest BCUT2D eigenvalue weighted by molar-refractivity contribution is -0.288. The van der Waals surface area contributed by atoms with Crippen LogP contribution in [0.5, 0.6) is 0 Å². The highest BCUT2D eigenvalue weighted by Gasteiger charge is 2.37. The van der Waals surface area contributed by atoms with Crippen LogP contribution in [-0.2, 0) is 14.2 Å². The van der Waals surface area contributed by atoms with Crippen molar-refractivity contribution in [3.8, 4) is 12.3 Å². The Balaban J connectivity index is 2.39. The second-order valence-electron chi connectivity index (χ2n) is 4.58. The minimum absolute atomic E-state index is 0.101. The minimum Gasteiger partial charge on any atom is -0.355 e. The molecule has 0 aromatic heterocycles. The smallest absolute Gasteiger partial charge is 0.169 e. The summed E-state index contributed by atoms with van der Waals surface area (Å²) in [4.78, 5) is 0. The Hall–Kier alpha value is 0.170. The Morgan fingerprint density at radius 3 is 2.40 bits per heavy atom. The molecule has 0 aromatic rings. The van der Waals surface area contributed by atoms with Crippen LogP contribution in [0.25, 0.3) is 0 Å². The third-order valence-corrected chi connectivity index (χ3v) is 2.96. The first-order valence-corrected chi connectivity index (χ1v) is 6.11. The van der Waals surface area contributed by atoms with Crippen LogP contribution in [0.3, 0.4) is 0 Å². The molecule has 1 unspecified atom stereocenters. The summed E-state index contributed by atoms with van der Waals surface area (Å²) in [5.74, 6) is 2.04. The molecule has 0 bridgehead atoms. The van der Waals surface area contributed by atoms with Crippen molar-refractivity contribution < 1.29 is 14.2 Å². The molecule has 0 spiro atoms. The van der Waals surface area contributed by atoms with E-state index in [0.717, 1.165) is 0 Å². The summed E-state index contributed by atoms with van der Waals surface area (Å²) in [5, 5.41) is 0. The van der Waals surface area contributed by atoms with E-state index in [1.165, 1.54) is 0 Å². The number of alkyl halides is 1. The second kappa shape index (κ2) is 5.00. The number of ether oxygens (including phenoxy) is 3. The fourth-order valence-electron chi connectivity index (χ4n) is 1.19. The van der Waals surface area contributed by atoms with Crippen LogP contribution in [0.2, 0.25) is 0 Å². The molecule has 1 saturated heterocycles. The van der Waals surface area contributed by atoms with Crippen molar-refractivity contribution in [2.75, 3.05) is 19.8 Å². The van der Waals surface area contributed by atoms with Gasteiger partial charge in [-0.15, -0.1) is 6.42 Å². The lowest BCUT2D eigenvalue weighted by Crippen LogP contribution is -2.47. The second-order valence-corrected chi connectivity index (χ2v) is 5.71. The van der Waals surface area contributed by atoms with Crippen LogP contribution < -0.4 is 0 Å². The normalized spacial score (nSPS) is 25.5. The Labute approximate surface area is 105 Å². The summed E-state index contributed by atoms with van der Waals surface area (Å²) in [7, 11) is 0. The zero-order valence-electron chi connectivity index (χ0n) is 9.38. The van der Waals surface area contributed by atoms with E-state index in [1.54, 1.807) is 0 Å². The van der Waals surface area contributed by atoms with Crippen LogP contribution in [0, 0.1) is 17.8 Å². The molecule has 1 atom stereocenters. The quantitative estimate of drug-likeness (QED) is 0.452. The Morgan fingerprint density at radius 2 is 1.93 bits per heavy atom. The van der Waals surface area contributed by atoms with Gasteiger partial charge in [-0.25, -0.2) is 0 Å². The van der Waals surface area contributed by atoms with E-state index < -0.39 is 5.79 Å². The van der Waals surface area contributed by atoms with Crippen molar-refractivity contribution in [3.63, 3.8) is 0 Å². The number of terminal acetylenes is 1. The number of halogens is 1. The molecule has 1 aliphatic heterocycles. The lowest BCUT2D eigenvalue weighted by atomic mass is 9.93. The first-order chi connectivity index (χ1) is 6.87. The third-order valence-electron chi connectivity index (χ3n) is 2.25. The van der Waals surface area contributed by atoms with Gasteiger partial charge in [0, 0.05) is 5.41 Å². The molecule has 86 valence electrons. The van der Waals surface area contributed by atoms with Crippen LogP contribution in [0.4, 0.5) is 0 Å². The summed E-state index contributed by atoms with van der Waals surface area (Å²) >= 11 is 2.08. The van der Waals surface area contributed by atoms with Gasteiger partial charge in [0.05, 0.1) is 19.8 Å². The lowest BCUT2D eigenvalue weighted by Gasteiger charge is -2.41. The van der Waals surface area contributed by atoms with Gasteiger partial charge in [0.2, 0.25) is 0 Å². The van der Waals surface area contributed by atoms with Gasteiger partial charge in [0.15, 0.2) is 9.90 Å². The molecule has 1 aliphatic rings. The summed E-state index contributed by atoms with van der Waals surface area (Å²) in [5.41, 5.74) is -0.101. The number of hydrogen-bond donors (Lipinski definition) is 0. The van der Waals surface area contributed by atoms with E-state index >= 15 is 0 Å². The fourth-order valence-corrected chi connectivity index (χ4v) is 1.36. The zero-order chi connectivity index (χ0) is 11.5. The number of rotatable bonds is 3. The van der Waals surface area contributed by atoms with Gasteiger partial charge in [0.1, 0.15) is 0 Å². The van der Waals surface area contributed by atoms with E-state index in [4.69, 9.17) is 20.6 Å². The van der Waals surface area contributed by atoms with E-state index in [-0.39, 0.29) is 9.53 Å². The van der Waals surface area contributed by atoms with Crippen molar-refractivity contribution in [2.24, 2.45) is 5.41 Å². The molecule has 1 rings (SSSR count). The van der Waals surface area contributed by atoms with E-state index in [0.29, 0.717) is 19.8 Å². The van der Waals surface area contributed by atoms with Gasteiger partial charge in [0.25, 0.3) is 0 Å². The molecular formula is C11H17IO3. The van der Waals surface area contributed by atoms with Crippen molar-refractivity contribution >= 4 is 22.6 Å². The maximum absolute atomic E-state index is 5.59. The van der Waals surface area contributed by atoms with E-state index in [9.17, 15) is 0 Å². The maximum atomic E-state index is 5.59. The molecule has 0 saturated carbocycles. The predicted molar refractivity (Wildman–Crippen MR) is 66.7 cm³/mol. The molecule has 1 heterocycles. The first-order valence-electron chi connectivity index (χ1n) is 4.87. The van der Waals surface area contributed by atoms with Crippen molar-refractivity contribution in [3.05, 3.63) is 0 Å². The third kappa shape index (κ3) is 4.27. The van der Waals surface area contributed by atoms with Gasteiger partial charge in [-0.1, -0.05) is 12.8 Å². The zero-order valence-corrected chi connectivity index (χ0v) is 11.5. The Bertz CT molecular complexity index is 247. The average Bonchev–Trinajstić information content (AvgIpc) is 2.20. The van der Waals surface area contributed by atoms with Gasteiger partial charge >= 0.3 is 0 Å². The molecule has 0 N–H and O–H groups in total. The highest BCUT2D eigenvalue weighted by Crippen LogP contribution is 2.30. The van der Waals surface area contributed by atoms with Gasteiger partial charge < -0.3 is 14.2 Å². The Morgan fingerprint density at radius 1 is 1.40 bits per heavy atom. The van der Waals surface area contributed by atoms with Gasteiger partial charge in [-0.3, -0.25) is 0 Å². The topological polar surface area (TPSA) is 27.7 Å². The summed E-state index contributed by atoms with van der Waals surface area (Å²) in [6.45, 7) is 7.72. The highest BCUT2D eigenvalue weighted by molar-refractivity contribution is 14.1. The van der Waals surface area contributed by atoms with E-state index in [1.807, 2.05) is 13.8 Å². The van der Waals surface area contributed by atoms with Crippen LogP contribution in [0.1, 0.15) is 20.8 Å². The SMILES string of the molecule is C#CC(I)OCC1(C)COC(C)(C)OC1. The summed E-state index contributed by atoms with van der Waals surface area (Å²) in [6, 6.07) is 0. The largest absolute Gasteiger partial charge is 0.355 e. The van der Waals surface area contributed by atoms with Gasteiger partial charge in [-0.05, 0) is 36.4 Å². The first kappa shape index (κ1) is 13.2. The molecule has 0 aromatic carbocycles. The summed E-state index contributed by atoms with van der Waals surface area (Å²) in [6.07, 6.45) is 5.23. The standard InChI is InChI=1S/C11H17IO3/c1-5-9(12)13-6-11(4)7-14-10(2,3)15-8-11/h1,9H,6-8H2,2-4H3.